The summed E-state index contributed by atoms with van der Waals surface area (Å²) < 4.78 is 15.7. The zero-order valence-corrected chi connectivity index (χ0v) is 14.7. The van der Waals surface area contributed by atoms with E-state index in [4.69, 9.17) is 14.2 Å². The average molecular weight is 351 g/mol. The molecule has 1 unspecified atom stereocenters. The van der Waals surface area contributed by atoms with Crippen molar-refractivity contribution in [2.75, 3.05) is 27.9 Å². The van der Waals surface area contributed by atoms with Crippen molar-refractivity contribution in [2.24, 2.45) is 0 Å². The number of amides is 1. The first-order chi connectivity index (χ1) is 11.6. The fourth-order valence-electron chi connectivity index (χ4n) is 2.26. The van der Waals surface area contributed by atoms with Crippen molar-refractivity contribution in [1.82, 2.24) is 5.32 Å². The molecule has 2 aromatic rings. The van der Waals surface area contributed by atoms with Crippen LogP contribution in [0, 0.1) is 0 Å². The van der Waals surface area contributed by atoms with Gasteiger partial charge in [-0.1, -0.05) is 6.07 Å². The Morgan fingerprint density at radius 3 is 2.38 bits per heavy atom. The van der Waals surface area contributed by atoms with Gasteiger partial charge in [0.15, 0.2) is 11.5 Å². The normalized spacial score (nSPS) is 11.7. The minimum Gasteiger partial charge on any atom is -0.493 e. The molecular weight excluding hydrogens is 330 g/mol. The molecule has 0 aliphatic heterocycles. The zero-order chi connectivity index (χ0) is 17.5. The van der Waals surface area contributed by atoms with Crippen molar-refractivity contribution in [3.63, 3.8) is 0 Å². The van der Waals surface area contributed by atoms with Gasteiger partial charge in [0, 0.05) is 17.0 Å². The van der Waals surface area contributed by atoms with Gasteiger partial charge in [-0.25, -0.2) is 0 Å². The summed E-state index contributed by atoms with van der Waals surface area (Å²) in [6.45, 7) is 0.356. The molecule has 7 heteroatoms. The van der Waals surface area contributed by atoms with Crippen LogP contribution in [0.2, 0.25) is 0 Å². The maximum absolute atomic E-state index is 12.3. The Balaban J connectivity index is 2.01. The summed E-state index contributed by atoms with van der Waals surface area (Å²) in [5.41, 5.74) is 0.398. The Morgan fingerprint density at radius 2 is 1.88 bits per heavy atom. The molecule has 1 amide bonds. The number of nitrogens with one attached hydrogen (secondary N) is 1. The summed E-state index contributed by atoms with van der Waals surface area (Å²) in [6, 6.07) is 6.94. The molecule has 2 N–H and O–H groups in total. The number of rotatable bonds is 8. The Hall–Kier alpha value is -2.25. The number of benzene rings is 1. The number of hydrogen-bond acceptors (Lipinski definition) is 6. The number of carbonyl (C=O) groups excluding carboxylic acids is 1. The number of hydrogen-bond donors (Lipinski definition) is 2. The van der Waals surface area contributed by atoms with E-state index in [1.165, 1.54) is 32.7 Å². The molecule has 0 spiro atoms. The summed E-state index contributed by atoms with van der Waals surface area (Å²) in [5, 5.41) is 14.7. The smallest absolute Gasteiger partial charge is 0.251 e. The summed E-state index contributed by atoms with van der Waals surface area (Å²) in [5.74, 6) is 0.999. The van der Waals surface area contributed by atoms with Gasteiger partial charge in [0.05, 0.1) is 27.4 Å². The quantitative estimate of drug-likeness (QED) is 0.764. The molecule has 1 aromatic carbocycles. The number of aliphatic hydroxyl groups excluding tert-OH is 1. The van der Waals surface area contributed by atoms with Gasteiger partial charge in [-0.05, 0) is 30.0 Å². The average Bonchev–Trinajstić information content (AvgIpc) is 3.14. The number of thiophene rings is 1. The molecule has 0 bridgehead atoms. The minimum atomic E-state index is -0.578. The van der Waals surface area contributed by atoms with Crippen LogP contribution in [-0.4, -0.2) is 38.9 Å². The van der Waals surface area contributed by atoms with Crippen molar-refractivity contribution in [2.45, 2.75) is 12.5 Å². The highest BCUT2D eigenvalue weighted by Crippen LogP contribution is 2.38. The van der Waals surface area contributed by atoms with Gasteiger partial charge < -0.3 is 24.6 Å². The van der Waals surface area contributed by atoms with E-state index in [1.54, 1.807) is 12.1 Å². The van der Waals surface area contributed by atoms with E-state index in [9.17, 15) is 9.90 Å². The molecule has 0 saturated carbocycles. The van der Waals surface area contributed by atoms with Crippen LogP contribution in [0.3, 0.4) is 0 Å². The number of aliphatic hydroxyl groups is 1. The molecule has 130 valence electrons. The van der Waals surface area contributed by atoms with Gasteiger partial charge in [0.2, 0.25) is 5.75 Å². The van der Waals surface area contributed by atoms with Crippen molar-refractivity contribution in [3.8, 4) is 17.2 Å². The lowest BCUT2D eigenvalue weighted by Crippen LogP contribution is -2.25. The molecule has 1 atom stereocenters. The first kappa shape index (κ1) is 18.1. The summed E-state index contributed by atoms with van der Waals surface area (Å²) in [6.07, 6.45) is -0.137. The molecule has 0 fully saturated rings. The van der Waals surface area contributed by atoms with Gasteiger partial charge in [-0.2, -0.15) is 0 Å². The Bertz CT molecular complexity index is 647. The lowest BCUT2D eigenvalue weighted by Gasteiger charge is -2.14. The molecule has 0 aliphatic rings. The second-order valence-corrected chi connectivity index (χ2v) is 5.97. The number of carbonyl (C=O) groups is 1. The maximum Gasteiger partial charge on any atom is 0.251 e. The molecule has 2 rings (SSSR count). The van der Waals surface area contributed by atoms with E-state index in [0.717, 1.165) is 4.88 Å². The van der Waals surface area contributed by atoms with Crippen LogP contribution in [0.25, 0.3) is 0 Å². The molecular formula is C17H21NO5S. The Morgan fingerprint density at radius 1 is 1.21 bits per heavy atom. The third-order valence-electron chi connectivity index (χ3n) is 3.50. The first-order valence-electron chi connectivity index (χ1n) is 7.40. The van der Waals surface area contributed by atoms with Gasteiger partial charge in [0.25, 0.3) is 5.91 Å². The second-order valence-electron chi connectivity index (χ2n) is 4.99. The Labute approximate surface area is 145 Å². The van der Waals surface area contributed by atoms with E-state index >= 15 is 0 Å². The van der Waals surface area contributed by atoms with E-state index in [1.807, 2.05) is 17.5 Å². The standard InChI is InChI=1S/C17H21NO5S/c1-21-13-9-11(10-14(22-2)16(13)23-3)17(20)18-7-6-12(19)15-5-4-8-24-15/h4-5,8-10,12,19H,6-7H2,1-3H3,(H,18,20). The molecule has 0 aliphatic carbocycles. The topological polar surface area (TPSA) is 77.0 Å². The molecule has 1 heterocycles. The van der Waals surface area contributed by atoms with E-state index in [2.05, 4.69) is 5.32 Å². The van der Waals surface area contributed by atoms with Crippen molar-refractivity contribution < 1.29 is 24.1 Å². The highest BCUT2D eigenvalue weighted by Gasteiger charge is 2.17. The second kappa shape index (κ2) is 8.56. The van der Waals surface area contributed by atoms with Crippen LogP contribution in [0.15, 0.2) is 29.6 Å². The molecule has 0 saturated heterocycles. The van der Waals surface area contributed by atoms with E-state index in [0.29, 0.717) is 35.8 Å². The van der Waals surface area contributed by atoms with Crippen LogP contribution in [0.1, 0.15) is 27.8 Å². The van der Waals surface area contributed by atoms with Crippen LogP contribution >= 0.6 is 11.3 Å². The van der Waals surface area contributed by atoms with E-state index < -0.39 is 6.10 Å². The van der Waals surface area contributed by atoms with Gasteiger partial charge in [-0.3, -0.25) is 4.79 Å². The fraction of sp³-hybridized carbons (Fsp3) is 0.353. The van der Waals surface area contributed by atoms with Crippen LogP contribution < -0.4 is 19.5 Å². The van der Waals surface area contributed by atoms with Crippen molar-refractivity contribution in [1.29, 1.82) is 0 Å². The first-order valence-corrected chi connectivity index (χ1v) is 8.28. The fourth-order valence-corrected chi connectivity index (χ4v) is 3.01. The van der Waals surface area contributed by atoms with Crippen molar-refractivity contribution in [3.05, 3.63) is 40.1 Å². The molecule has 0 radical (unpaired) electrons. The SMILES string of the molecule is COc1cc(C(=O)NCCC(O)c2cccs2)cc(OC)c1OC. The lowest BCUT2D eigenvalue weighted by molar-refractivity contribution is 0.0942. The maximum atomic E-state index is 12.3. The predicted molar refractivity (Wildman–Crippen MR) is 92.3 cm³/mol. The third kappa shape index (κ3) is 4.18. The van der Waals surface area contributed by atoms with Crippen LogP contribution in [0.4, 0.5) is 0 Å². The molecule has 24 heavy (non-hydrogen) atoms. The third-order valence-corrected chi connectivity index (χ3v) is 4.48. The monoisotopic (exact) mass is 351 g/mol. The predicted octanol–water partition coefficient (Wildman–Crippen LogP) is 2.63. The van der Waals surface area contributed by atoms with Crippen LogP contribution in [-0.2, 0) is 0 Å². The zero-order valence-electron chi connectivity index (χ0n) is 13.9. The summed E-state index contributed by atoms with van der Waals surface area (Å²) >= 11 is 1.49. The molecule has 1 aromatic heterocycles. The highest BCUT2D eigenvalue weighted by atomic mass is 32.1. The van der Waals surface area contributed by atoms with Gasteiger partial charge >= 0.3 is 0 Å². The van der Waals surface area contributed by atoms with E-state index in [-0.39, 0.29) is 5.91 Å². The van der Waals surface area contributed by atoms with Gasteiger partial charge in [0.1, 0.15) is 0 Å². The molecule has 6 nitrogen and oxygen atoms in total. The minimum absolute atomic E-state index is 0.271. The van der Waals surface area contributed by atoms with Crippen molar-refractivity contribution >= 4 is 17.2 Å². The van der Waals surface area contributed by atoms with Gasteiger partial charge in [-0.15, -0.1) is 11.3 Å². The summed E-state index contributed by atoms with van der Waals surface area (Å²) in [7, 11) is 4.50. The highest BCUT2D eigenvalue weighted by molar-refractivity contribution is 7.10. The lowest BCUT2D eigenvalue weighted by atomic mass is 10.1. The van der Waals surface area contributed by atoms with Crippen LogP contribution in [0.5, 0.6) is 17.2 Å². The Kier molecular flexibility index (Phi) is 6.45. The summed E-state index contributed by atoms with van der Waals surface area (Å²) in [4.78, 5) is 13.2. The number of methoxy groups -OCH3 is 3. The number of ether oxygens (including phenoxy) is 3. The largest absolute Gasteiger partial charge is 0.493 e.